The lowest BCUT2D eigenvalue weighted by molar-refractivity contribution is 0.103. The summed E-state index contributed by atoms with van der Waals surface area (Å²) < 4.78 is 0. The predicted octanol–water partition coefficient (Wildman–Crippen LogP) is 3.18. The molecule has 2 heterocycles. The van der Waals surface area contributed by atoms with E-state index in [2.05, 4.69) is 34.1 Å². The topological polar surface area (TPSA) is 67.8 Å². The fourth-order valence-corrected chi connectivity index (χ4v) is 2.53. The first kappa shape index (κ1) is 14.6. The van der Waals surface area contributed by atoms with E-state index in [4.69, 9.17) is 0 Å². The molecule has 0 spiro atoms. The largest absolute Gasteiger partial charge is 0.306 e. The summed E-state index contributed by atoms with van der Waals surface area (Å²) in [6.45, 7) is 7.95. The van der Waals surface area contributed by atoms with E-state index in [0.29, 0.717) is 22.4 Å². The first-order chi connectivity index (χ1) is 9.49. The SMILES string of the molecule is CCc1cc(NC(=O)c2cnc(C(C)C)s2)nc(C)n1. The zero-order valence-electron chi connectivity index (χ0n) is 12.1. The number of aryl methyl sites for hydroxylation is 2. The van der Waals surface area contributed by atoms with Crippen LogP contribution in [0.15, 0.2) is 12.3 Å². The van der Waals surface area contributed by atoms with E-state index in [-0.39, 0.29) is 5.91 Å². The van der Waals surface area contributed by atoms with E-state index in [1.807, 2.05) is 13.8 Å². The molecule has 5 nitrogen and oxygen atoms in total. The number of nitrogens with zero attached hydrogens (tertiary/aromatic N) is 3. The van der Waals surface area contributed by atoms with Crippen LogP contribution in [-0.2, 0) is 6.42 Å². The minimum Gasteiger partial charge on any atom is -0.306 e. The lowest BCUT2D eigenvalue weighted by Gasteiger charge is -2.05. The molecule has 0 aliphatic rings. The Labute approximate surface area is 122 Å². The summed E-state index contributed by atoms with van der Waals surface area (Å²) in [7, 11) is 0. The molecule has 0 aliphatic carbocycles. The first-order valence-corrected chi connectivity index (χ1v) is 7.43. The standard InChI is InChI=1S/C14H18N4OS/c1-5-10-6-12(17-9(4)16-10)18-13(19)11-7-15-14(20-11)8(2)3/h6-8H,5H2,1-4H3,(H,16,17,18,19). The molecular weight excluding hydrogens is 272 g/mol. The Kier molecular flexibility index (Phi) is 4.44. The van der Waals surface area contributed by atoms with Crippen LogP contribution in [0.3, 0.4) is 0 Å². The second-order valence-corrected chi connectivity index (χ2v) is 5.88. The molecule has 0 unspecified atom stereocenters. The molecule has 0 bridgehead atoms. The molecule has 0 radical (unpaired) electrons. The van der Waals surface area contributed by atoms with E-state index >= 15 is 0 Å². The molecule has 2 rings (SSSR count). The predicted molar refractivity (Wildman–Crippen MR) is 80.3 cm³/mol. The third-order valence-electron chi connectivity index (χ3n) is 2.74. The summed E-state index contributed by atoms with van der Waals surface area (Å²) in [6.07, 6.45) is 2.42. The van der Waals surface area contributed by atoms with Gasteiger partial charge in [0.25, 0.3) is 5.91 Å². The number of hydrogen-bond acceptors (Lipinski definition) is 5. The van der Waals surface area contributed by atoms with Crippen LogP contribution in [0, 0.1) is 6.92 Å². The number of carbonyl (C=O) groups excluding carboxylic acids is 1. The van der Waals surface area contributed by atoms with Crippen molar-refractivity contribution in [2.24, 2.45) is 0 Å². The number of rotatable bonds is 4. The average molecular weight is 290 g/mol. The van der Waals surface area contributed by atoms with Crippen LogP contribution in [0.4, 0.5) is 5.82 Å². The van der Waals surface area contributed by atoms with Crippen molar-refractivity contribution in [2.45, 2.75) is 40.0 Å². The molecule has 0 saturated carbocycles. The Hall–Kier alpha value is -1.82. The average Bonchev–Trinajstić information content (AvgIpc) is 2.87. The van der Waals surface area contributed by atoms with Crippen LogP contribution in [0.25, 0.3) is 0 Å². The molecule has 0 saturated heterocycles. The second kappa shape index (κ2) is 6.09. The van der Waals surface area contributed by atoms with Gasteiger partial charge in [0.1, 0.15) is 16.5 Å². The monoisotopic (exact) mass is 290 g/mol. The maximum absolute atomic E-state index is 12.2. The minimum absolute atomic E-state index is 0.172. The van der Waals surface area contributed by atoms with Crippen molar-refractivity contribution in [3.63, 3.8) is 0 Å². The molecule has 106 valence electrons. The molecule has 6 heteroatoms. The van der Waals surface area contributed by atoms with E-state index in [0.717, 1.165) is 17.1 Å². The van der Waals surface area contributed by atoms with Gasteiger partial charge >= 0.3 is 0 Å². The Bertz CT molecular complexity index is 621. The van der Waals surface area contributed by atoms with Gasteiger partial charge in [0.05, 0.1) is 11.2 Å². The summed E-state index contributed by atoms with van der Waals surface area (Å²) in [4.78, 5) is 25.5. The number of amides is 1. The molecule has 1 N–H and O–H groups in total. The zero-order chi connectivity index (χ0) is 14.7. The lowest BCUT2D eigenvalue weighted by atomic mass is 10.2. The number of nitrogens with one attached hydrogen (secondary N) is 1. The van der Waals surface area contributed by atoms with Crippen LogP contribution in [-0.4, -0.2) is 20.9 Å². The molecule has 0 atom stereocenters. The van der Waals surface area contributed by atoms with Crippen molar-refractivity contribution in [1.29, 1.82) is 0 Å². The number of hydrogen-bond donors (Lipinski definition) is 1. The highest BCUT2D eigenvalue weighted by molar-refractivity contribution is 7.13. The maximum Gasteiger partial charge on any atom is 0.268 e. The molecule has 1 amide bonds. The van der Waals surface area contributed by atoms with Crippen LogP contribution in [0.1, 0.15) is 52.9 Å². The smallest absolute Gasteiger partial charge is 0.268 e. The summed E-state index contributed by atoms with van der Waals surface area (Å²) in [5.74, 6) is 1.36. The summed E-state index contributed by atoms with van der Waals surface area (Å²) >= 11 is 1.42. The van der Waals surface area contributed by atoms with Gasteiger partial charge in [0, 0.05) is 17.7 Å². The quantitative estimate of drug-likeness (QED) is 0.939. The minimum atomic E-state index is -0.172. The molecule has 0 aliphatic heterocycles. The van der Waals surface area contributed by atoms with E-state index in [9.17, 15) is 4.79 Å². The number of carbonyl (C=O) groups is 1. The number of anilines is 1. The van der Waals surface area contributed by atoms with E-state index in [1.54, 1.807) is 12.3 Å². The van der Waals surface area contributed by atoms with Crippen LogP contribution >= 0.6 is 11.3 Å². The van der Waals surface area contributed by atoms with Gasteiger partial charge in [-0.2, -0.15) is 0 Å². The van der Waals surface area contributed by atoms with Gasteiger partial charge in [-0.05, 0) is 13.3 Å². The highest BCUT2D eigenvalue weighted by Crippen LogP contribution is 2.21. The fourth-order valence-electron chi connectivity index (χ4n) is 1.71. The highest BCUT2D eigenvalue weighted by Gasteiger charge is 2.13. The zero-order valence-corrected chi connectivity index (χ0v) is 12.9. The van der Waals surface area contributed by atoms with E-state index < -0.39 is 0 Å². The molecule has 2 aromatic heterocycles. The second-order valence-electron chi connectivity index (χ2n) is 4.82. The third kappa shape index (κ3) is 3.39. The Morgan fingerprint density at radius 3 is 2.75 bits per heavy atom. The lowest BCUT2D eigenvalue weighted by Crippen LogP contribution is -2.12. The van der Waals surface area contributed by atoms with Gasteiger partial charge in [0.2, 0.25) is 0 Å². The summed E-state index contributed by atoms with van der Waals surface area (Å²) in [5, 5.41) is 3.77. The highest BCUT2D eigenvalue weighted by atomic mass is 32.1. The number of thiazole rings is 1. The van der Waals surface area contributed by atoms with Gasteiger partial charge < -0.3 is 5.32 Å². The summed E-state index contributed by atoms with van der Waals surface area (Å²) in [6, 6.07) is 1.80. The van der Waals surface area contributed by atoms with Crippen molar-refractivity contribution < 1.29 is 4.79 Å². The Morgan fingerprint density at radius 2 is 2.15 bits per heavy atom. The van der Waals surface area contributed by atoms with Crippen molar-refractivity contribution in [1.82, 2.24) is 15.0 Å². The Morgan fingerprint density at radius 1 is 1.40 bits per heavy atom. The Balaban J connectivity index is 2.16. The van der Waals surface area contributed by atoms with Gasteiger partial charge in [-0.3, -0.25) is 4.79 Å². The molecule has 0 aromatic carbocycles. The van der Waals surface area contributed by atoms with Crippen molar-refractivity contribution >= 4 is 23.1 Å². The van der Waals surface area contributed by atoms with Crippen molar-refractivity contribution in [3.8, 4) is 0 Å². The summed E-state index contributed by atoms with van der Waals surface area (Å²) in [5.41, 5.74) is 0.917. The first-order valence-electron chi connectivity index (χ1n) is 6.61. The van der Waals surface area contributed by atoms with Gasteiger partial charge in [-0.25, -0.2) is 15.0 Å². The van der Waals surface area contributed by atoms with Crippen molar-refractivity contribution in [2.75, 3.05) is 5.32 Å². The molecule has 0 fully saturated rings. The van der Waals surface area contributed by atoms with Gasteiger partial charge in [-0.15, -0.1) is 11.3 Å². The van der Waals surface area contributed by atoms with Crippen LogP contribution < -0.4 is 5.32 Å². The molecule has 20 heavy (non-hydrogen) atoms. The normalized spacial score (nSPS) is 10.8. The van der Waals surface area contributed by atoms with Gasteiger partial charge in [-0.1, -0.05) is 20.8 Å². The molecular formula is C14H18N4OS. The maximum atomic E-state index is 12.2. The third-order valence-corrected chi connectivity index (χ3v) is 4.03. The van der Waals surface area contributed by atoms with Crippen LogP contribution in [0.2, 0.25) is 0 Å². The van der Waals surface area contributed by atoms with Crippen LogP contribution in [0.5, 0.6) is 0 Å². The van der Waals surface area contributed by atoms with Crippen molar-refractivity contribution in [3.05, 3.63) is 33.7 Å². The van der Waals surface area contributed by atoms with E-state index in [1.165, 1.54) is 11.3 Å². The van der Waals surface area contributed by atoms with Gasteiger partial charge in [0.15, 0.2) is 0 Å². The fraction of sp³-hybridized carbons (Fsp3) is 0.429. The molecule has 2 aromatic rings. The number of aromatic nitrogens is 3.